The normalized spacial score (nSPS) is 19.1. The fraction of sp³-hybridized carbons (Fsp3) is 0.429. The first kappa shape index (κ1) is 14.1. The Balaban J connectivity index is 2.39. The molecule has 2 rings (SSSR count). The van der Waals surface area contributed by atoms with Crippen LogP contribution >= 0.6 is 15.9 Å². The van der Waals surface area contributed by atoms with Gasteiger partial charge in [-0.2, -0.15) is 0 Å². The van der Waals surface area contributed by atoms with Gasteiger partial charge in [0.15, 0.2) is 6.29 Å². The van der Waals surface area contributed by atoms with E-state index in [9.17, 15) is 9.59 Å². The predicted octanol–water partition coefficient (Wildman–Crippen LogP) is 2.37. The summed E-state index contributed by atoms with van der Waals surface area (Å²) in [6.07, 6.45) is 3.75. The molecule has 1 aliphatic rings. The van der Waals surface area contributed by atoms with Crippen LogP contribution in [0.25, 0.3) is 0 Å². The Kier molecular flexibility index (Phi) is 4.58. The van der Waals surface area contributed by atoms with Gasteiger partial charge < -0.3 is 10.2 Å². The molecule has 1 aromatic rings. The van der Waals surface area contributed by atoms with Gasteiger partial charge in [0, 0.05) is 29.3 Å². The number of anilines is 1. The summed E-state index contributed by atoms with van der Waals surface area (Å²) in [6, 6.07) is 5.34. The Bertz CT molecular complexity index is 490. The van der Waals surface area contributed by atoms with Crippen LogP contribution < -0.4 is 10.2 Å². The van der Waals surface area contributed by atoms with Crippen molar-refractivity contribution in [2.75, 3.05) is 18.5 Å². The summed E-state index contributed by atoms with van der Waals surface area (Å²) in [5.41, 5.74) is 1.46. The maximum Gasteiger partial charge on any atom is 0.242 e. The molecule has 1 N–H and O–H groups in total. The van der Waals surface area contributed by atoms with E-state index in [1.165, 1.54) is 0 Å². The smallest absolute Gasteiger partial charge is 0.242 e. The Labute approximate surface area is 121 Å². The van der Waals surface area contributed by atoms with E-state index in [4.69, 9.17) is 0 Å². The Morgan fingerprint density at radius 1 is 1.47 bits per heavy atom. The molecule has 1 fully saturated rings. The van der Waals surface area contributed by atoms with Crippen LogP contribution in [0.1, 0.15) is 29.6 Å². The Morgan fingerprint density at radius 2 is 2.26 bits per heavy atom. The molecule has 0 bridgehead atoms. The lowest BCUT2D eigenvalue weighted by Crippen LogP contribution is -2.49. The minimum Gasteiger partial charge on any atom is -0.359 e. The monoisotopic (exact) mass is 324 g/mol. The molecule has 5 heteroatoms. The lowest BCUT2D eigenvalue weighted by molar-refractivity contribution is -0.122. The third kappa shape index (κ3) is 2.97. The number of nitrogens with zero attached hydrogens (tertiary/aromatic N) is 1. The van der Waals surface area contributed by atoms with E-state index >= 15 is 0 Å². The van der Waals surface area contributed by atoms with Crippen LogP contribution in [-0.4, -0.2) is 31.8 Å². The van der Waals surface area contributed by atoms with Crippen LogP contribution in [0.5, 0.6) is 0 Å². The molecule has 0 aliphatic carbocycles. The van der Waals surface area contributed by atoms with Crippen LogP contribution in [0, 0.1) is 0 Å². The van der Waals surface area contributed by atoms with Gasteiger partial charge in [-0.15, -0.1) is 0 Å². The van der Waals surface area contributed by atoms with Crippen molar-refractivity contribution in [2.45, 2.75) is 25.3 Å². The maximum atomic E-state index is 12.0. The van der Waals surface area contributed by atoms with E-state index in [0.29, 0.717) is 5.56 Å². The number of halogens is 1. The fourth-order valence-corrected chi connectivity index (χ4v) is 2.87. The first-order valence-electron chi connectivity index (χ1n) is 6.40. The van der Waals surface area contributed by atoms with Crippen LogP contribution in [0.15, 0.2) is 22.7 Å². The van der Waals surface area contributed by atoms with Crippen LogP contribution in [0.4, 0.5) is 5.69 Å². The van der Waals surface area contributed by atoms with Crippen molar-refractivity contribution in [3.63, 3.8) is 0 Å². The van der Waals surface area contributed by atoms with Gasteiger partial charge in [0.25, 0.3) is 0 Å². The number of piperidine rings is 1. The number of nitrogens with one attached hydrogen (secondary N) is 1. The zero-order valence-electron chi connectivity index (χ0n) is 10.9. The summed E-state index contributed by atoms with van der Waals surface area (Å²) in [5.74, 6) is 0.0107. The quantitative estimate of drug-likeness (QED) is 0.868. The molecule has 0 radical (unpaired) electrons. The van der Waals surface area contributed by atoms with Crippen molar-refractivity contribution in [1.29, 1.82) is 0 Å². The molecular weight excluding hydrogens is 308 g/mol. The van der Waals surface area contributed by atoms with Gasteiger partial charge in [-0.05, 0) is 37.5 Å². The number of likely N-dealkylation sites (N-methyl/N-ethyl adjacent to an activating group) is 1. The number of carbonyl (C=O) groups excluding carboxylic acids is 2. The highest BCUT2D eigenvalue weighted by atomic mass is 79.9. The van der Waals surface area contributed by atoms with Gasteiger partial charge in [-0.3, -0.25) is 9.59 Å². The van der Waals surface area contributed by atoms with Gasteiger partial charge in [0.1, 0.15) is 6.04 Å². The highest BCUT2D eigenvalue weighted by Gasteiger charge is 2.29. The van der Waals surface area contributed by atoms with E-state index in [0.717, 1.165) is 42.3 Å². The second kappa shape index (κ2) is 6.19. The van der Waals surface area contributed by atoms with Crippen molar-refractivity contribution < 1.29 is 9.59 Å². The number of aldehydes is 1. The lowest BCUT2D eigenvalue weighted by Gasteiger charge is -2.37. The molecular formula is C14H17BrN2O2. The molecule has 1 saturated heterocycles. The van der Waals surface area contributed by atoms with Crippen molar-refractivity contribution in [2.24, 2.45) is 0 Å². The number of amides is 1. The van der Waals surface area contributed by atoms with E-state index < -0.39 is 0 Å². The SMILES string of the molecule is CNC(=O)C1CCCCN1c1cc(Br)ccc1C=O. The first-order valence-corrected chi connectivity index (χ1v) is 7.19. The van der Waals surface area contributed by atoms with Gasteiger partial charge >= 0.3 is 0 Å². The summed E-state index contributed by atoms with van der Waals surface area (Å²) in [6.45, 7) is 0.801. The zero-order valence-corrected chi connectivity index (χ0v) is 12.4. The highest BCUT2D eigenvalue weighted by Crippen LogP contribution is 2.30. The van der Waals surface area contributed by atoms with Crippen LogP contribution in [0.2, 0.25) is 0 Å². The molecule has 0 saturated carbocycles. The molecule has 102 valence electrons. The molecule has 1 aromatic carbocycles. The largest absolute Gasteiger partial charge is 0.359 e. The third-order valence-corrected chi connectivity index (χ3v) is 3.97. The minimum atomic E-state index is -0.188. The Hall–Kier alpha value is -1.36. The molecule has 1 unspecified atom stereocenters. The molecule has 1 heterocycles. The summed E-state index contributed by atoms with van der Waals surface area (Å²) < 4.78 is 0.911. The standard InChI is InChI=1S/C14H17BrN2O2/c1-16-14(19)12-4-2-3-7-17(12)13-8-11(15)6-5-10(13)9-18/h5-6,8-9,12H,2-4,7H2,1H3,(H,16,19). The van der Waals surface area contributed by atoms with Gasteiger partial charge in [-0.25, -0.2) is 0 Å². The van der Waals surface area contributed by atoms with Crippen molar-refractivity contribution in [3.05, 3.63) is 28.2 Å². The summed E-state index contributed by atoms with van der Waals surface area (Å²) in [5, 5.41) is 2.71. The molecule has 0 spiro atoms. The van der Waals surface area contributed by atoms with Gasteiger partial charge in [0.05, 0.1) is 0 Å². The third-order valence-electron chi connectivity index (χ3n) is 3.48. The molecule has 0 aromatic heterocycles. The molecule has 1 atom stereocenters. The summed E-state index contributed by atoms with van der Waals surface area (Å²) >= 11 is 3.42. The van der Waals surface area contributed by atoms with Gasteiger partial charge in [-0.1, -0.05) is 15.9 Å². The fourth-order valence-electron chi connectivity index (χ4n) is 2.52. The lowest BCUT2D eigenvalue weighted by atomic mass is 9.99. The van der Waals surface area contributed by atoms with E-state index in [1.54, 1.807) is 13.1 Å². The average molecular weight is 325 g/mol. The number of carbonyl (C=O) groups is 2. The molecule has 1 aliphatic heterocycles. The number of hydrogen-bond acceptors (Lipinski definition) is 3. The van der Waals surface area contributed by atoms with Crippen molar-refractivity contribution >= 4 is 33.8 Å². The maximum absolute atomic E-state index is 12.0. The Morgan fingerprint density at radius 3 is 2.95 bits per heavy atom. The number of rotatable bonds is 3. The minimum absolute atomic E-state index is 0.0107. The van der Waals surface area contributed by atoms with Crippen LogP contribution in [-0.2, 0) is 4.79 Å². The topological polar surface area (TPSA) is 49.4 Å². The highest BCUT2D eigenvalue weighted by molar-refractivity contribution is 9.10. The van der Waals surface area contributed by atoms with Crippen molar-refractivity contribution in [3.8, 4) is 0 Å². The molecule has 19 heavy (non-hydrogen) atoms. The number of benzene rings is 1. The van der Waals surface area contributed by atoms with E-state index in [2.05, 4.69) is 21.2 Å². The van der Waals surface area contributed by atoms with Crippen molar-refractivity contribution in [1.82, 2.24) is 5.32 Å². The van der Waals surface area contributed by atoms with E-state index in [1.807, 2.05) is 17.0 Å². The summed E-state index contributed by atoms with van der Waals surface area (Å²) in [7, 11) is 1.65. The molecule has 1 amide bonds. The first-order chi connectivity index (χ1) is 9.17. The van der Waals surface area contributed by atoms with E-state index in [-0.39, 0.29) is 11.9 Å². The number of hydrogen-bond donors (Lipinski definition) is 1. The molecule has 4 nitrogen and oxygen atoms in total. The predicted molar refractivity (Wildman–Crippen MR) is 78.6 cm³/mol. The second-order valence-corrected chi connectivity index (χ2v) is 5.56. The summed E-state index contributed by atoms with van der Waals surface area (Å²) in [4.78, 5) is 25.2. The average Bonchev–Trinajstić information content (AvgIpc) is 2.46. The van der Waals surface area contributed by atoms with Gasteiger partial charge in [0.2, 0.25) is 5.91 Å². The zero-order chi connectivity index (χ0) is 13.8. The van der Waals surface area contributed by atoms with Crippen LogP contribution in [0.3, 0.4) is 0 Å². The second-order valence-electron chi connectivity index (χ2n) is 4.64.